The average molecular weight is 260 g/mol. The Morgan fingerprint density at radius 1 is 1.06 bits per heavy atom. The summed E-state index contributed by atoms with van der Waals surface area (Å²) in [5.41, 5.74) is 1.06. The van der Waals surface area contributed by atoms with Crippen molar-refractivity contribution in [2.24, 2.45) is 0 Å². The second-order valence-electron chi connectivity index (χ2n) is 4.46. The van der Waals surface area contributed by atoms with E-state index in [-0.39, 0.29) is 12.2 Å². The van der Waals surface area contributed by atoms with Crippen LogP contribution in [0.15, 0.2) is 29.2 Å². The van der Waals surface area contributed by atoms with E-state index in [1.165, 1.54) is 0 Å². The van der Waals surface area contributed by atoms with E-state index in [0.717, 1.165) is 16.4 Å². The van der Waals surface area contributed by atoms with Crippen molar-refractivity contribution in [2.45, 2.75) is 44.8 Å². The van der Waals surface area contributed by atoms with Gasteiger partial charge in [0, 0.05) is 4.75 Å². The summed E-state index contributed by atoms with van der Waals surface area (Å²) in [6.07, 6.45) is 0. The third-order valence-corrected chi connectivity index (χ3v) is 5.97. The lowest BCUT2D eigenvalue weighted by molar-refractivity contribution is 0.609. The zero-order chi connectivity index (χ0) is 11.7. The molecular formula is C12H20O2S2. The van der Waals surface area contributed by atoms with Crippen molar-refractivity contribution in [1.29, 1.82) is 0 Å². The van der Waals surface area contributed by atoms with E-state index in [9.17, 15) is 8.42 Å². The molecule has 0 aliphatic heterocycles. The first-order chi connectivity index (χ1) is 6.71. The highest BCUT2D eigenvalue weighted by Crippen LogP contribution is 2.34. The summed E-state index contributed by atoms with van der Waals surface area (Å²) in [6.45, 7) is 7.61. The van der Waals surface area contributed by atoms with E-state index < -0.39 is 8.87 Å². The molecule has 0 aliphatic carbocycles. The van der Waals surface area contributed by atoms with Crippen LogP contribution in [0.5, 0.6) is 0 Å². The van der Waals surface area contributed by atoms with Crippen molar-refractivity contribution in [1.82, 2.24) is 0 Å². The fourth-order valence-corrected chi connectivity index (χ4v) is 4.90. The van der Waals surface area contributed by atoms with Gasteiger partial charge in [0.05, 0.1) is 4.90 Å². The standard InChI is InChI=1S/C11H16O2S2.CH4/c1-9-5-7-10(8-6-9)15(12,13)14-11(2,3)4;/h5-8H,1-4H3;1H4. The van der Waals surface area contributed by atoms with Gasteiger partial charge in [-0.1, -0.05) is 25.1 Å². The van der Waals surface area contributed by atoms with Gasteiger partial charge in [0.2, 0.25) is 8.87 Å². The van der Waals surface area contributed by atoms with E-state index in [1.54, 1.807) is 12.1 Å². The lowest BCUT2D eigenvalue weighted by Crippen LogP contribution is -2.12. The third-order valence-electron chi connectivity index (χ3n) is 1.67. The van der Waals surface area contributed by atoms with Gasteiger partial charge >= 0.3 is 0 Å². The molecule has 2 nitrogen and oxygen atoms in total. The first-order valence-electron chi connectivity index (χ1n) is 4.73. The quantitative estimate of drug-likeness (QED) is 0.757. The molecule has 0 atom stereocenters. The molecule has 1 aromatic rings. The minimum atomic E-state index is -3.22. The van der Waals surface area contributed by atoms with Gasteiger partial charge in [0.25, 0.3) is 0 Å². The van der Waals surface area contributed by atoms with Crippen LogP contribution in [0.2, 0.25) is 0 Å². The Bertz CT molecular complexity index is 425. The van der Waals surface area contributed by atoms with Gasteiger partial charge in [0.15, 0.2) is 0 Å². The summed E-state index contributed by atoms with van der Waals surface area (Å²) < 4.78 is 23.6. The Hall–Kier alpha value is -0.480. The van der Waals surface area contributed by atoms with Crippen molar-refractivity contribution in [3.05, 3.63) is 29.8 Å². The molecule has 0 bridgehead atoms. The molecule has 0 saturated carbocycles. The number of hydrogen-bond acceptors (Lipinski definition) is 3. The summed E-state index contributed by atoms with van der Waals surface area (Å²) in [5, 5.41) is 0. The molecule has 0 N–H and O–H groups in total. The predicted octanol–water partition coefficient (Wildman–Crippen LogP) is 3.85. The molecular weight excluding hydrogens is 240 g/mol. The Morgan fingerprint density at radius 3 is 1.88 bits per heavy atom. The van der Waals surface area contributed by atoms with Crippen LogP contribution in [0, 0.1) is 6.92 Å². The molecule has 0 fully saturated rings. The van der Waals surface area contributed by atoms with Crippen molar-refractivity contribution in [3.8, 4) is 0 Å². The highest BCUT2D eigenvalue weighted by atomic mass is 33.1. The van der Waals surface area contributed by atoms with Crippen LogP contribution >= 0.6 is 10.8 Å². The van der Waals surface area contributed by atoms with Crippen molar-refractivity contribution in [2.75, 3.05) is 0 Å². The van der Waals surface area contributed by atoms with Gasteiger partial charge in [0.1, 0.15) is 0 Å². The van der Waals surface area contributed by atoms with E-state index >= 15 is 0 Å². The molecule has 4 heteroatoms. The molecule has 0 unspecified atom stereocenters. The van der Waals surface area contributed by atoms with Gasteiger partial charge in [-0.15, -0.1) is 0 Å². The normalized spacial score (nSPS) is 12.0. The topological polar surface area (TPSA) is 34.1 Å². The fourth-order valence-electron chi connectivity index (χ4n) is 1.08. The summed E-state index contributed by atoms with van der Waals surface area (Å²) >= 11 is 0. The molecule has 0 aromatic heterocycles. The Morgan fingerprint density at radius 2 is 1.50 bits per heavy atom. The maximum atomic E-state index is 11.9. The first kappa shape index (κ1) is 15.5. The summed E-state index contributed by atoms with van der Waals surface area (Å²) in [7, 11) is -2.23. The second kappa shape index (κ2) is 5.23. The fraction of sp³-hybridized carbons (Fsp3) is 0.500. The molecule has 0 radical (unpaired) electrons. The molecule has 1 aromatic carbocycles. The van der Waals surface area contributed by atoms with Crippen molar-refractivity contribution >= 4 is 19.7 Å². The average Bonchev–Trinajstić information content (AvgIpc) is 2.00. The van der Waals surface area contributed by atoms with Gasteiger partial charge in [-0.2, -0.15) is 0 Å². The Balaban J connectivity index is 0.00000225. The van der Waals surface area contributed by atoms with Crippen molar-refractivity contribution in [3.63, 3.8) is 0 Å². The molecule has 0 amide bonds. The minimum absolute atomic E-state index is 0. The van der Waals surface area contributed by atoms with Crippen LogP contribution in [0.25, 0.3) is 0 Å². The van der Waals surface area contributed by atoms with E-state index in [1.807, 2.05) is 39.8 Å². The number of aryl methyl sites for hydroxylation is 1. The Labute approximate surface area is 103 Å². The summed E-state index contributed by atoms with van der Waals surface area (Å²) in [6, 6.07) is 6.94. The van der Waals surface area contributed by atoms with Gasteiger partial charge in [-0.05, 0) is 50.6 Å². The first-order valence-corrected chi connectivity index (χ1v) is 7.55. The lowest BCUT2D eigenvalue weighted by Gasteiger charge is -2.16. The maximum Gasteiger partial charge on any atom is 0.230 e. The number of benzene rings is 1. The SMILES string of the molecule is C.Cc1ccc(S(=O)(=O)SC(C)(C)C)cc1. The molecule has 0 aliphatic rings. The largest absolute Gasteiger partial charge is 0.230 e. The van der Waals surface area contributed by atoms with Gasteiger partial charge in [-0.25, -0.2) is 8.42 Å². The third kappa shape index (κ3) is 4.58. The molecule has 0 heterocycles. The number of rotatable bonds is 2. The predicted molar refractivity (Wildman–Crippen MR) is 72.4 cm³/mol. The second-order valence-corrected chi connectivity index (χ2v) is 9.05. The highest BCUT2D eigenvalue weighted by molar-refractivity contribution is 8.72. The summed E-state index contributed by atoms with van der Waals surface area (Å²) in [5.74, 6) is 0. The highest BCUT2D eigenvalue weighted by Gasteiger charge is 2.24. The molecule has 16 heavy (non-hydrogen) atoms. The van der Waals surface area contributed by atoms with Crippen LogP contribution in [-0.4, -0.2) is 13.2 Å². The van der Waals surface area contributed by atoms with Gasteiger partial charge < -0.3 is 0 Å². The van der Waals surface area contributed by atoms with Crippen LogP contribution in [-0.2, 0) is 8.87 Å². The van der Waals surface area contributed by atoms with Crippen LogP contribution < -0.4 is 0 Å². The van der Waals surface area contributed by atoms with Crippen LogP contribution in [0.1, 0.15) is 33.8 Å². The van der Waals surface area contributed by atoms with Crippen LogP contribution in [0.4, 0.5) is 0 Å². The molecule has 1 rings (SSSR count). The van der Waals surface area contributed by atoms with E-state index in [0.29, 0.717) is 4.90 Å². The smallest absolute Gasteiger partial charge is 0.212 e. The summed E-state index contributed by atoms with van der Waals surface area (Å²) in [4.78, 5) is 0.382. The monoisotopic (exact) mass is 260 g/mol. The van der Waals surface area contributed by atoms with E-state index in [2.05, 4.69) is 0 Å². The zero-order valence-corrected chi connectivity index (χ0v) is 11.1. The van der Waals surface area contributed by atoms with Crippen molar-refractivity contribution < 1.29 is 8.42 Å². The molecule has 0 spiro atoms. The minimum Gasteiger partial charge on any atom is -0.212 e. The zero-order valence-electron chi connectivity index (χ0n) is 9.44. The Kier molecular flexibility index (Phi) is 5.08. The van der Waals surface area contributed by atoms with E-state index in [4.69, 9.17) is 0 Å². The lowest BCUT2D eigenvalue weighted by atomic mass is 10.2. The molecule has 0 saturated heterocycles. The molecule has 92 valence electrons. The van der Waals surface area contributed by atoms with Crippen LogP contribution in [0.3, 0.4) is 0 Å². The number of hydrogen-bond donors (Lipinski definition) is 0. The van der Waals surface area contributed by atoms with Gasteiger partial charge in [-0.3, -0.25) is 0 Å². The maximum absolute atomic E-state index is 11.9.